The number of hydrogen-bond acceptors (Lipinski definition) is 5. The summed E-state index contributed by atoms with van der Waals surface area (Å²) in [6.07, 6.45) is 4.57. The molecule has 0 aromatic carbocycles. The predicted octanol–water partition coefficient (Wildman–Crippen LogP) is 2.70. The maximum Gasteiger partial charge on any atom is 0.254 e. The molecule has 1 amide bonds. The summed E-state index contributed by atoms with van der Waals surface area (Å²) in [6.45, 7) is 4.16. The van der Waals surface area contributed by atoms with Gasteiger partial charge in [0.05, 0.1) is 23.2 Å². The standard InChI is InChI=1S/C19H21N3O2S/c1-14-3-2-4-16(21-14)10-24-17-9-19(25-11-17)12-22(13-19)18(23)15-5-7-20-8-6-15/h2-8,17H,9-13H2,1H3/t17-/m0/s1. The fourth-order valence-electron chi connectivity index (χ4n) is 3.48. The van der Waals surface area contributed by atoms with Crippen LogP contribution in [0.25, 0.3) is 0 Å². The van der Waals surface area contributed by atoms with Gasteiger partial charge in [0.25, 0.3) is 5.91 Å². The Morgan fingerprint density at radius 2 is 2.12 bits per heavy atom. The lowest BCUT2D eigenvalue weighted by Gasteiger charge is -2.47. The Morgan fingerprint density at radius 1 is 1.32 bits per heavy atom. The molecule has 0 unspecified atom stereocenters. The van der Waals surface area contributed by atoms with Gasteiger partial charge in [-0.25, -0.2) is 0 Å². The van der Waals surface area contributed by atoms with Gasteiger partial charge in [0, 0.05) is 42.5 Å². The van der Waals surface area contributed by atoms with Gasteiger partial charge in [-0.15, -0.1) is 11.8 Å². The van der Waals surface area contributed by atoms with Gasteiger partial charge in [-0.05, 0) is 37.6 Å². The molecule has 2 aliphatic rings. The van der Waals surface area contributed by atoms with E-state index in [1.165, 1.54) is 0 Å². The number of aryl methyl sites for hydroxylation is 1. The topological polar surface area (TPSA) is 55.3 Å². The van der Waals surface area contributed by atoms with Gasteiger partial charge in [0.15, 0.2) is 0 Å². The number of carbonyl (C=O) groups is 1. The number of pyridine rings is 2. The Kier molecular flexibility index (Phi) is 4.48. The van der Waals surface area contributed by atoms with Crippen LogP contribution in [0.1, 0.15) is 28.2 Å². The van der Waals surface area contributed by atoms with Gasteiger partial charge in [-0.1, -0.05) is 6.07 Å². The van der Waals surface area contributed by atoms with Crippen LogP contribution in [0.5, 0.6) is 0 Å². The third kappa shape index (κ3) is 3.55. The molecule has 130 valence electrons. The van der Waals surface area contributed by atoms with Gasteiger partial charge in [-0.3, -0.25) is 14.8 Å². The highest BCUT2D eigenvalue weighted by atomic mass is 32.2. The monoisotopic (exact) mass is 355 g/mol. The number of aromatic nitrogens is 2. The Labute approximate surface area is 151 Å². The van der Waals surface area contributed by atoms with E-state index in [1.807, 2.05) is 41.8 Å². The van der Waals surface area contributed by atoms with E-state index in [-0.39, 0.29) is 16.8 Å². The lowest BCUT2D eigenvalue weighted by atomic mass is 9.92. The van der Waals surface area contributed by atoms with Gasteiger partial charge in [0.2, 0.25) is 0 Å². The van der Waals surface area contributed by atoms with Crippen molar-refractivity contribution in [1.29, 1.82) is 0 Å². The van der Waals surface area contributed by atoms with Gasteiger partial charge in [-0.2, -0.15) is 0 Å². The van der Waals surface area contributed by atoms with Crippen LogP contribution in [-0.4, -0.2) is 50.5 Å². The number of ether oxygens (including phenoxy) is 1. The zero-order valence-corrected chi connectivity index (χ0v) is 15.0. The van der Waals surface area contributed by atoms with E-state index in [4.69, 9.17) is 4.74 Å². The molecule has 4 heterocycles. The number of thioether (sulfide) groups is 1. The van der Waals surface area contributed by atoms with Crippen molar-refractivity contribution < 1.29 is 9.53 Å². The number of amides is 1. The summed E-state index contributed by atoms with van der Waals surface area (Å²) in [5, 5.41) is 0. The van der Waals surface area contributed by atoms with E-state index in [0.717, 1.165) is 36.7 Å². The van der Waals surface area contributed by atoms with E-state index in [2.05, 4.69) is 9.97 Å². The second-order valence-corrected chi connectivity index (χ2v) is 8.29. The molecule has 2 fully saturated rings. The Hall–Kier alpha value is -1.92. The summed E-state index contributed by atoms with van der Waals surface area (Å²) in [7, 11) is 0. The van der Waals surface area contributed by atoms with E-state index in [1.54, 1.807) is 24.5 Å². The van der Waals surface area contributed by atoms with Crippen molar-refractivity contribution >= 4 is 17.7 Å². The fraction of sp³-hybridized carbons (Fsp3) is 0.421. The molecule has 0 aliphatic carbocycles. The van der Waals surface area contributed by atoms with Crippen molar-refractivity contribution in [2.75, 3.05) is 18.8 Å². The number of rotatable bonds is 4. The average Bonchev–Trinajstić information content (AvgIpc) is 3.04. The Morgan fingerprint density at radius 3 is 2.88 bits per heavy atom. The molecule has 2 aliphatic heterocycles. The molecule has 1 spiro atoms. The van der Waals surface area contributed by atoms with Crippen molar-refractivity contribution in [2.45, 2.75) is 30.8 Å². The summed E-state index contributed by atoms with van der Waals surface area (Å²) in [5.41, 5.74) is 2.71. The molecule has 6 heteroatoms. The molecule has 0 radical (unpaired) electrons. The zero-order valence-electron chi connectivity index (χ0n) is 14.2. The predicted molar refractivity (Wildman–Crippen MR) is 97.5 cm³/mol. The van der Waals surface area contributed by atoms with Gasteiger partial charge < -0.3 is 9.64 Å². The minimum absolute atomic E-state index is 0.0990. The minimum atomic E-state index is 0.0990. The largest absolute Gasteiger partial charge is 0.371 e. The third-order valence-corrected chi connectivity index (χ3v) is 6.34. The van der Waals surface area contributed by atoms with E-state index < -0.39 is 0 Å². The normalized spacial score (nSPS) is 21.3. The first-order valence-corrected chi connectivity index (χ1v) is 9.50. The summed E-state index contributed by atoms with van der Waals surface area (Å²) in [6, 6.07) is 9.56. The van der Waals surface area contributed by atoms with Crippen molar-refractivity contribution in [3.05, 3.63) is 59.7 Å². The molecule has 4 rings (SSSR count). The molecular weight excluding hydrogens is 334 g/mol. The summed E-state index contributed by atoms with van der Waals surface area (Å²) in [4.78, 5) is 22.8. The lowest BCUT2D eigenvalue weighted by Crippen LogP contribution is -2.60. The molecule has 0 bridgehead atoms. The number of carbonyl (C=O) groups excluding carboxylic acids is 1. The van der Waals surface area contributed by atoms with Crippen LogP contribution in [0.3, 0.4) is 0 Å². The molecule has 5 nitrogen and oxygen atoms in total. The third-order valence-electron chi connectivity index (χ3n) is 4.76. The van der Waals surface area contributed by atoms with Crippen LogP contribution in [-0.2, 0) is 11.3 Å². The fourth-order valence-corrected chi connectivity index (χ4v) is 5.03. The minimum Gasteiger partial charge on any atom is -0.371 e. The maximum absolute atomic E-state index is 12.4. The summed E-state index contributed by atoms with van der Waals surface area (Å²) < 4.78 is 6.23. The number of hydrogen-bond donors (Lipinski definition) is 0. The zero-order chi connectivity index (χ0) is 17.3. The second-order valence-electron chi connectivity index (χ2n) is 6.80. The Bertz CT molecular complexity index is 762. The lowest BCUT2D eigenvalue weighted by molar-refractivity contribution is 0.0245. The highest BCUT2D eigenvalue weighted by molar-refractivity contribution is 8.01. The SMILES string of the molecule is Cc1cccc(CO[C@@H]2CSC3(C2)CN(C(=O)c2ccncc2)C3)n1. The molecule has 25 heavy (non-hydrogen) atoms. The van der Waals surface area contributed by atoms with Crippen LogP contribution in [0.2, 0.25) is 0 Å². The second kappa shape index (κ2) is 6.77. The van der Waals surface area contributed by atoms with E-state index in [9.17, 15) is 4.79 Å². The smallest absolute Gasteiger partial charge is 0.254 e. The first-order chi connectivity index (χ1) is 12.1. The van der Waals surface area contributed by atoms with Crippen molar-refractivity contribution in [3.8, 4) is 0 Å². The van der Waals surface area contributed by atoms with Crippen LogP contribution >= 0.6 is 11.8 Å². The average molecular weight is 355 g/mol. The molecule has 2 aromatic rings. The first kappa shape index (κ1) is 16.5. The van der Waals surface area contributed by atoms with Gasteiger partial charge >= 0.3 is 0 Å². The van der Waals surface area contributed by atoms with Crippen molar-refractivity contribution in [1.82, 2.24) is 14.9 Å². The first-order valence-electron chi connectivity index (χ1n) is 8.51. The molecule has 0 N–H and O–H groups in total. The number of nitrogens with zero attached hydrogens (tertiary/aromatic N) is 3. The summed E-state index contributed by atoms with van der Waals surface area (Å²) in [5.74, 6) is 1.09. The quantitative estimate of drug-likeness (QED) is 0.844. The summed E-state index contributed by atoms with van der Waals surface area (Å²) >= 11 is 1.94. The molecule has 1 atom stereocenters. The van der Waals surface area contributed by atoms with E-state index in [0.29, 0.717) is 12.2 Å². The molecule has 0 saturated carbocycles. The van der Waals surface area contributed by atoms with Gasteiger partial charge in [0.1, 0.15) is 0 Å². The Balaban J connectivity index is 1.28. The number of likely N-dealkylation sites (tertiary alicyclic amines) is 1. The van der Waals surface area contributed by atoms with E-state index >= 15 is 0 Å². The van der Waals surface area contributed by atoms with Crippen LogP contribution in [0.15, 0.2) is 42.7 Å². The van der Waals surface area contributed by atoms with Crippen molar-refractivity contribution in [2.24, 2.45) is 0 Å². The maximum atomic E-state index is 12.4. The molecular formula is C19H21N3O2S. The molecule has 2 aromatic heterocycles. The van der Waals surface area contributed by atoms with Crippen LogP contribution in [0.4, 0.5) is 0 Å². The highest BCUT2D eigenvalue weighted by Crippen LogP contribution is 2.46. The van der Waals surface area contributed by atoms with Crippen LogP contribution in [0, 0.1) is 6.92 Å². The molecule has 2 saturated heterocycles. The van der Waals surface area contributed by atoms with Crippen LogP contribution < -0.4 is 0 Å². The highest BCUT2D eigenvalue weighted by Gasteiger charge is 2.50. The van der Waals surface area contributed by atoms with Crippen molar-refractivity contribution in [3.63, 3.8) is 0 Å².